The maximum absolute atomic E-state index is 13.0. The molecule has 0 radical (unpaired) electrons. The first-order valence-corrected chi connectivity index (χ1v) is 12.7. The van der Waals surface area contributed by atoms with E-state index in [0.717, 1.165) is 5.57 Å². The third kappa shape index (κ3) is 13.7. The Kier molecular flexibility index (Phi) is 12.8. The molecule has 0 spiro atoms. The van der Waals surface area contributed by atoms with Gasteiger partial charge in [-0.15, -0.1) is 0 Å². The van der Waals surface area contributed by atoms with Gasteiger partial charge in [0.25, 0.3) is 5.91 Å². The summed E-state index contributed by atoms with van der Waals surface area (Å²) in [7, 11) is 1.57. The fourth-order valence-electron chi connectivity index (χ4n) is 2.89. The molecule has 0 unspecified atom stereocenters. The average Bonchev–Trinajstić information content (AvgIpc) is 2.78. The molecular formula is C28H44N4O6. The molecule has 0 saturated heterocycles. The van der Waals surface area contributed by atoms with Crippen LogP contribution in [0.4, 0.5) is 9.59 Å². The molecule has 1 aromatic rings. The number of rotatable bonds is 9. The number of alkyl carbamates (subject to hydrolysis) is 1. The van der Waals surface area contributed by atoms with E-state index in [1.165, 1.54) is 4.90 Å². The lowest BCUT2D eigenvalue weighted by Crippen LogP contribution is -2.50. The molecule has 0 atom stereocenters. The van der Waals surface area contributed by atoms with Crippen molar-refractivity contribution in [1.29, 1.82) is 0 Å². The van der Waals surface area contributed by atoms with E-state index in [-0.39, 0.29) is 18.4 Å². The molecule has 10 nitrogen and oxygen atoms in total. The van der Waals surface area contributed by atoms with Crippen molar-refractivity contribution in [3.05, 3.63) is 41.5 Å². The minimum absolute atomic E-state index is 0.0354. The van der Waals surface area contributed by atoms with Gasteiger partial charge in [-0.2, -0.15) is 0 Å². The van der Waals surface area contributed by atoms with Crippen molar-refractivity contribution >= 4 is 24.1 Å². The number of ether oxygens (including phenoxy) is 3. The molecule has 212 valence electrons. The van der Waals surface area contributed by atoms with E-state index in [1.54, 1.807) is 72.9 Å². The van der Waals surface area contributed by atoms with E-state index in [0.29, 0.717) is 37.2 Å². The molecule has 0 heterocycles. The van der Waals surface area contributed by atoms with Gasteiger partial charge in [0, 0.05) is 18.7 Å². The summed E-state index contributed by atoms with van der Waals surface area (Å²) in [5.41, 5.74) is 0.0654. The molecule has 0 saturated carbocycles. The van der Waals surface area contributed by atoms with E-state index in [4.69, 9.17) is 14.2 Å². The fourth-order valence-corrected chi connectivity index (χ4v) is 2.89. The second kappa shape index (κ2) is 15.0. The van der Waals surface area contributed by atoms with Crippen LogP contribution >= 0.6 is 0 Å². The highest BCUT2D eigenvalue weighted by Gasteiger charge is 2.27. The molecule has 0 aliphatic heterocycles. The number of amides is 3. The van der Waals surface area contributed by atoms with E-state index in [1.807, 2.05) is 19.9 Å². The lowest BCUT2D eigenvalue weighted by atomic mass is 10.2. The summed E-state index contributed by atoms with van der Waals surface area (Å²) in [5.74, 6) is 0.537. The highest BCUT2D eigenvalue weighted by atomic mass is 16.6. The van der Waals surface area contributed by atoms with Crippen LogP contribution in [0.3, 0.4) is 0 Å². The van der Waals surface area contributed by atoms with Crippen LogP contribution < -0.4 is 15.4 Å². The van der Waals surface area contributed by atoms with Crippen molar-refractivity contribution in [3.8, 4) is 5.75 Å². The van der Waals surface area contributed by atoms with E-state index in [9.17, 15) is 14.4 Å². The van der Waals surface area contributed by atoms with Crippen LogP contribution in [-0.4, -0.2) is 66.9 Å². The number of nitrogens with zero attached hydrogens (tertiary/aromatic N) is 2. The molecule has 2 N–H and O–H groups in total. The summed E-state index contributed by atoms with van der Waals surface area (Å²) in [6, 6.07) is 6.86. The van der Waals surface area contributed by atoms with Crippen molar-refractivity contribution in [2.45, 2.75) is 79.4 Å². The Morgan fingerprint density at radius 3 is 2.08 bits per heavy atom. The number of carbonyl (C=O) groups excluding carboxylic acids is 3. The van der Waals surface area contributed by atoms with Gasteiger partial charge in [-0.3, -0.25) is 15.1 Å². The largest absolute Gasteiger partial charge is 0.497 e. The summed E-state index contributed by atoms with van der Waals surface area (Å²) >= 11 is 0. The van der Waals surface area contributed by atoms with Crippen molar-refractivity contribution in [1.82, 2.24) is 15.5 Å². The molecule has 38 heavy (non-hydrogen) atoms. The molecule has 0 aromatic heterocycles. The lowest BCUT2D eigenvalue weighted by Gasteiger charge is -2.28. The average molecular weight is 533 g/mol. The number of unbranched alkanes of at least 4 members (excludes halogenated alkanes) is 1. The van der Waals surface area contributed by atoms with E-state index in [2.05, 4.69) is 15.6 Å². The first-order chi connectivity index (χ1) is 17.6. The minimum atomic E-state index is -0.737. The number of allylic oxidation sites excluding steroid dienone is 1. The zero-order chi connectivity index (χ0) is 28.9. The van der Waals surface area contributed by atoms with Gasteiger partial charge in [0.05, 0.1) is 13.7 Å². The van der Waals surface area contributed by atoms with Crippen LogP contribution in [-0.2, 0) is 9.47 Å². The summed E-state index contributed by atoms with van der Waals surface area (Å²) in [6.45, 7) is 15.3. The van der Waals surface area contributed by atoms with Crippen molar-refractivity contribution in [2.24, 2.45) is 4.99 Å². The Morgan fingerprint density at radius 1 is 0.947 bits per heavy atom. The Labute approximate surface area is 226 Å². The second-order valence-corrected chi connectivity index (χ2v) is 10.9. The molecule has 10 heteroatoms. The van der Waals surface area contributed by atoms with Gasteiger partial charge in [0.15, 0.2) is 0 Å². The first-order valence-electron chi connectivity index (χ1n) is 12.7. The molecular weight excluding hydrogens is 488 g/mol. The normalized spacial score (nSPS) is 11.8. The zero-order valence-corrected chi connectivity index (χ0v) is 24.3. The van der Waals surface area contributed by atoms with Gasteiger partial charge in [-0.1, -0.05) is 11.6 Å². The smallest absolute Gasteiger partial charge is 0.417 e. The topological polar surface area (TPSA) is 119 Å². The number of methoxy groups -OCH3 is 1. The van der Waals surface area contributed by atoms with Gasteiger partial charge >= 0.3 is 12.2 Å². The number of aliphatic imine (C=N–C) groups is 1. The van der Waals surface area contributed by atoms with E-state index >= 15 is 0 Å². The summed E-state index contributed by atoms with van der Waals surface area (Å²) in [4.78, 5) is 43.6. The maximum Gasteiger partial charge on any atom is 0.417 e. The minimum Gasteiger partial charge on any atom is -0.497 e. The number of nitrogens with one attached hydrogen (secondary N) is 2. The highest BCUT2D eigenvalue weighted by molar-refractivity contribution is 6.01. The molecule has 1 aromatic carbocycles. The Morgan fingerprint density at radius 2 is 1.55 bits per heavy atom. The van der Waals surface area contributed by atoms with Crippen LogP contribution in [0.1, 0.15) is 78.6 Å². The van der Waals surface area contributed by atoms with Crippen LogP contribution in [0, 0.1) is 0 Å². The van der Waals surface area contributed by atoms with Crippen molar-refractivity contribution in [3.63, 3.8) is 0 Å². The van der Waals surface area contributed by atoms with Gasteiger partial charge in [0.1, 0.15) is 17.0 Å². The lowest BCUT2D eigenvalue weighted by molar-refractivity contribution is 0.0372. The summed E-state index contributed by atoms with van der Waals surface area (Å²) < 4.78 is 16.0. The SMILES string of the molecule is COc1ccc(C(=O)NCCCCN=C(NC(=O)OC(C)(C)C)N(CC=C(C)C)C(=O)OC(C)(C)C)cc1. The number of benzene rings is 1. The van der Waals surface area contributed by atoms with Gasteiger partial charge < -0.3 is 19.5 Å². The predicted molar refractivity (Wildman–Crippen MR) is 149 cm³/mol. The van der Waals surface area contributed by atoms with Gasteiger partial charge in [-0.25, -0.2) is 14.5 Å². The number of carbonyl (C=O) groups is 3. The second-order valence-electron chi connectivity index (χ2n) is 10.9. The Bertz CT molecular complexity index is 984. The maximum atomic E-state index is 13.0. The quantitative estimate of drug-likeness (QED) is 0.193. The summed E-state index contributed by atoms with van der Waals surface area (Å²) in [5, 5.41) is 5.48. The van der Waals surface area contributed by atoms with Crippen LogP contribution in [0.5, 0.6) is 5.75 Å². The highest BCUT2D eigenvalue weighted by Crippen LogP contribution is 2.13. The molecule has 0 bridgehead atoms. The van der Waals surface area contributed by atoms with Crippen molar-refractivity contribution in [2.75, 3.05) is 26.7 Å². The monoisotopic (exact) mass is 532 g/mol. The number of guanidine groups is 1. The molecule has 0 fully saturated rings. The van der Waals surface area contributed by atoms with Crippen molar-refractivity contribution < 1.29 is 28.6 Å². The Balaban J connectivity index is 2.91. The number of hydrogen-bond donors (Lipinski definition) is 2. The number of hydrogen-bond acceptors (Lipinski definition) is 7. The van der Waals surface area contributed by atoms with Gasteiger partial charge in [0.2, 0.25) is 5.96 Å². The van der Waals surface area contributed by atoms with Crippen LogP contribution in [0.25, 0.3) is 0 Å². The standard InChI is InChI=1S/C28H44N4O6/c1-20(2)16-19-32(26(35)38-28(6,7)8)24(31-25(34)37-27(3,4)5)30-18-11-10-17-29-23(33)21-12-14-22(36-9)15-13-21/h12-16H,10-11,17-19H2,1-9H3,(H,29,33)(H,30,31,34). The van der Waals surface area contributed by atoms with Crippen LogP contribution in [0.2, 0.25) is 0 Å². The first kappa shape index (κ1) is 32.5. The molecule has 1 rings (SSSR count). The fraction of sp³-hybridized carbons (Fsp3) is 0.571. The predicted octanol–water partition coefficient (Wildman–Crippen LogP) is 5.29. The van der Waals surface area contributed by atoms with E-state index < -0.39 is 23.4 Å². The Hall–Kier alpha value is -3.56. The molecule has 0 aliphatic rings. The zero-order valence-electron chi connectivity index (χ0n) is 24.3. The summed E-state index contributed by atoms with van der Waals surface area (Å²) in [6.07, 6.45) is 1.72. The van der Waals surface area contributed by atoms with Crippen LogP contribution in [0.15, 0.2) is 40.9 Å². The third-order valence-electron chi connectivity index (χ3n) is 4.65. The molecule has 0 aliphatic carbocycles. The third-order valence-corrected chi connectivity index (χ3v) is 4.65. The van der Waals surface area contributed by atoms with Gasteiger partial charge in [-0.05, 0) is 92.5 Å². The molecule has 3 amide bonds.